The summed E-state index contributed by atoms with van der Waals surface area (Å²) in [4.78, 5) is 19.9. The SMILES string of the molecule is CC1(C)Cc2nc(N3CCOc4cc(C(C)(C)O)ccc43)sc2C(=O)N1. The Morgan fingerprint density at radius 3 is 2.88 bits per heavy atom. The van der Waals surface area contributed by atoms with Crippen molar-refractivity contribution < 1.29 is 14.6 Å². The molecule has 0 radical (unpaired) electrons. The van der Waals surface area contributed by atoms with Gasteiger partial charge in [0.2, 0.25) is 0 Å². The van der Waals surface area contributed by atoms with Gasteiger partial charge in [-0.3, -0.25) is 4.79 Å². The van der Waals surface area contributed by atoms with E-state index >= 15 is 0 Å². The number of nitrogens with one attached hydrogen (secondary N) is 1. The van der Waals surface area contributed by atoms with Gasteiger partial charge in [0, 0.05) is 12.0 Å². The van der Waals surface area contributed by atoms with Crippen LogP contribution in [0.5, 0.6) is 5.75 Å². The first kappa shape index (κ1) is 17.3. The van der Waals surface area contributed by atoms with Crippen molar-refractivity contribution in [1.82, 2.24) is 10.3 Å². The number of anilines is 2. The number of benzene rings is 1. The second kappa shape index (κ2) is 5.69. The van der Waals surface area contributed by atoms with E-state index in [1.54, 1.807) is 13.8 Å². The molecular weight excluding hydrogens is 350 g/mol. The van der Waals surface area contributed by atoms with E-state index in [9.17, 15) is 9.90 Å². The molecule has 0 spiro atoms. The molecule has 0 saturated heterocycles. The average Bonchev–Trinajstić information content (AvgIpc) is 2.95. The molecule has 0 unspecified atom stereocenters. The highest BCUT2D eigenvalue weighted by molar-refractivity contribution is 7.17. The average molecular weight is 373 g/mol. The quantitative estimate of drug-likeness (QED) is 0.847. The van der Waals surface area contributed by atoms with E-state index in [0.717, 1.165) is 34.2 Å². The lowest BCUT2D eigenvalue weighted by Crippen LogP contribution is -2.48. The van der Waals surface area contributed by atoms with Gasteiger partial charge < -0.3 is 20.1 Å². The van der Waals surface area contributed by atoms with E-state index in [-0.39, 0.29) is 11.4 Å². The first-order chi connectivity index (χ1) is 12.1. The van der Waals surface area contributed by atoms with Crippen molar-refractivity contribution >= 4 is 28.1 Å². The van der Waals surface area contributed by atoms with Crippen LogP contribution in [0, 0.1) is 0 Å². The number of aliphatic hydroxyl groups is 1. The van der Waals surface area contributed by atoms with Crippen LogP contribution in [0.2, 0.25) is 0 Å². The lowest BCUT2D eigenvalue weighted by molar-refractivity contribution is 0.0782. The first-order valence-electron chi connectivity index (χ1n) is 8.73. The van der Waals surface area contributed by atoms with Crippen LogP contribution in [-0.2, 0) is 12.0 Å². The number of carbonyl (C=O) groups is 1. The van der Waals surface area contributed by atoms with Crippen molar-refractivity contribution in [3.05, 3.63) is 34.3 Å². The summed E-state index contributed by atoms with van der Waals surface area (Å²) in [5.41, 5.74) is 1.37. The van der Waals surface area contributed by atoms with Crippen LogP contribution in [-0.4, -0.2) is 34.7 Å². The third-order valence-electron chi connectivity index (χ3n) is 4.71. The van der Waals surface area contributed by atoms with Crippen LogP contribution >= 0.6 is 11.3 Å². The van der Waals surface area contributed by atoms with Gasteiger partial charge >= 0.3 is 0 Å². The van der Waals surface area contributed by atoms with Crippen LogP contribution in [0.1, 0.15) is 48.6 Å². The molecule has 4 rings (SSSR count). The molecule has 7 heteroatoms. The van der Waals surface area contributed by atoms with Crippen LogP contribution in [0.15, 0.2) is 18.2 Å². The Kier molecular flexibility index (Phi) is 3.79. The molecule has 0 atom stereocenters. The summed E-state index contributed by atoms with van der Waals surface area (Å²) in [5, 5.41) is 14.1. The molecule has 138 valence electrons. The number of rotatable bonds is 2. The Hall–Kier alpha value is -2.12. The lowest BCUT2D eigenvalue weighted by atomic mass is 9.94. The summed E-state index contributed by atoms with van der Waals surface area (Å²) >= 11 is 1.42. The number of hydrogen-bond acceptors (Lipinski definition) is 6. The zero-order chi connectivity index (χ0) is 18.7. The van der Waals surface area contributed by atoms with E-state index in [0.29, 0.717) is 18.0 Å². The number of hydrogen-bond donors (Lipinski definition) is 2. The molecule has 0 fully saturated rings. The van der Waals surface area contributed by atoms with Crippen molar-refractivity contribution in [2.24, 2.45) is 0 Å². The summed E-state index contributed by atoms with van der Waals surface area (Å²) in [6.45, 7) is 8.73. The topological polar surface area (TPSA) is 74.7 Å². The minimum atomic E-state index is -0.926. The first-order valence-corrected chi connectivity index (χ1v) is 9.55. The van der Waals surface area contributed by atoms with Gasteiger partial charge in [-0.25, -0.2) is 4.98 Å². The van der Waals surface area contributed by atoms with Gasteiger partial charge in [0.15, 0.2) is 5.13 Å². The molecule has 1 amide bonds. The summed E-state index contributed by atoms with van der Waals surface area (Å²) in [6.07, 6.45) is 0.722. The number of fused-ring (bicyclic) bond motifs is 2. The highest BCUT2D eigenvalue weighted by atomic mass is 32.1. The Bertz CT molecular complexity index is 883. The predicted molar refractivity (Wildman–Crippen MR) is 102 cm³/mol. The highest BCUT2D eigenvalue weighted by Crippen LogP contribution is 2.42. The van der Waals surface area contributed by atoms with Crippen LogP contribution in [0.25, 0.3) is 0 Å². The molecule has 2 N–H and O–H groups in total. The molecule has 2 aliphatic heterocycles. The standard InChI is InChI=1S/C19H23N3O3S/c1-18(2)10-12-15(16(23)21-18)26-17(20-12)22-7-8-25-14-9-11(19(3,4)24)5-6-13(14)22/h5-6,9,24H,7-8,10H2,1-4H3,(H,21,23). The largest absolute Gasteiger partial charge is 0.490 e. The monoisotopic (exact) mass is 373 g/mol. The summed E-state index contributed by atoms with van der Waals surface area (Å²) in [6, 6.07) is 5.74. The maximum Gasteiger partial charge on any atom is 0.263 e. The molecule has 3 heterocycles. The minimum absolute atomic E-state index is 0.0501. The summed E-state index contributed by atoms with van der Waals surface area (Å²) in [7, 11) is 0. The van der Waals surface area contributed by atoms with E-state index < -0.39 is 5.60 Å². The van der Waals surface area contributed by atoms with Gasteiger partial charge in [-0.05, 0) is 45.4 Å². The molecule has 0 bridgehead atoms. The smallest absolute Gasteiger partial charge is 0.263 e. The molecule has 1 aromatic heterocycles. The number of aromatic nitrogens is 1. The van der Waals surface area contributed by atoms with E-state index in [1.165, 1.54) is 11.3 Å². The zero-order valence-corrected chi connectivity index (χ0v) is 16.2. The molecule has 1 aromatic carbocycles. The van der Waals surface area contributed by atoms with Gasteiger partial charge in [-0.1, -0.05) is 17.4 Å². The van der Waals surface area contributed by atoms with E-state index in [1.807, 2.05) is 32.0 Å². The Morgan fingerprint density at radius 2 is 2.15 bits per heavy atom. The maximum absolute atomic E-state index is 12.4. The van der Waals surface area contributed by atoms with Gasteiger partial charge in [0.1, 0.15) is 17.2 Å². The molecule has 2 aliphatic rings. The fraction of sp³-hybridized carbons (Fsp3) is 0.474. The van der Waals surface area contributed by atoms with Crippen LogP contribution in [0.4, 0.5) is 10.8 Å². The van der Waals surface area contributed by atoms with Gasteiger partial charge in [0.25, 0.3) is 5.91 Å². The third-order valence-corrected chi connectivity index (χ3v) is 5.83. The second-order valence-corrected chi connectivity index (χ2v) is 9.01. The highest BCUT2D eigenvalue weighted by Gasteiger charge is 2.35. The minimum Gasteiger partial charge on any atom is -0.490 e. The third kappa shape index (κ3) is 2.95. The number of nitrogens with zero attached hydrogens (tertiary/aromatic N) is 2. The molecule has 0 aliphatic carbocycles. The van der Waals surface area contributed by atoms with Crippen molar-refractivity contribution in [2.75, 3.05) is 18.1 Å². The van der Waals surface area contributed by atoms with Crippen LogP contribution < -0.4 is 15.0 Å². The summed E-state index contributed by atoms with van der Waals surface area (Å²) in [5.74, 6) is 0.680. The maximum atomic E-state index is 12.4. The van der Waals surface area contributed by atoms with Crippen molar-refractivity contribution in [3.8, 4) is 5.75 Å². The molecule has 26 heavy (non-hydrogen) atoms. The Labute approximate surface area is 156 Å². The Morgan fingerprint density at radius 1 is 1.38 bits per heavy atom. The van der Waals surface area contributed by atoms with E-state index in [4.69, 9.17) is 9.72 Å². The van der Waals surface area contributed by atoms with Gasteiger partial charge in [-0.15, -0.1) is 0 Å². The molecule has 0 saturated carbocycles. The fourth-order valence-corrected chi connectivity index (χ4v) is 4.40. The number of thiazole rings is 1. The predicted octanol–water partition coefficient (Wildman–Crippen LogP) is 2.97. The normalized spacial score (nSPS) is 18.7. The van der Waals surface area contributed by atoms with Crippen molar-refractivity contribution in [3.63, 3.8) is 0 Å². The summed E-state index contributed by atoms with van der Waals surface area (Å²) < 4.78 is 5.81. The second-order valence-electron chi connectivity index (χ2n) is 8.03. The van der Waals surface area contributed by atoms with E-state index in [2.05, 4.69) is 10.2 Å². The van der Waals surface area contributed by atoms with Crippen molar-refractivity contribution in [1.29, 1.82) is 0 Å². The van der Waals surface area contributed by atoms with Crippen molar-refractivity contribution in [2.45, 2.75) is 45.3 Å². The van der Waals surface area contributed by atoms with Gasteiger partial charge in [0.05, 0.1) is 23.5 Å². The number of ether oxygens (including phenoxy) is 1. The Balaban J connectivity index is 1.72. The molecular formula is C19H23N3O3S. The molecule has 2 aromatic rings. The lowest BCUT2D eigenvalue weighted by Gasteiger charge is -2.30. The fourth-order valence-electron chi connectivity index (χ4n) is 3.38. The number of carbonyl (C=O) groups excluding carboxylic acids is 1. The molecule has 6 nitrogen and oxygen atoms in total. The van der Waals surface area contributed by atoms with Gasteiger partial charge in [-0.2, -0.15) is 0 Å². The zero-order valence-electron chi connectivity index (χ0n) is 15.4. The number of amides is 1. The van der Waals surface area contributed by atoms with Crippen LogP contribution in [0.3, 0.4) is 0 Å².